The molecule has 0 aromatic carbocycles. The van der Waals surface area contributed by atoms with Gasteiger partial charge < -0.3 is 20.6 Å². The van der Waals surface area contributed by atoms with Gasteiger partial charge in [0, 0.05) is 19.1 Å². The Morgan fingerprint density at radius 1 is 0.950 bits per heavy atom. The van der Waals surface area contributed by atoms with Crippen molar-refractivity contribution in [2.24, 2.45) is 11.7 Å². The number of hydrogen-bond donors (Lipinski definition) is 2. The van der Waals surface area contributed by atoms with Gasteiger partial charge in [0.05, 0.1) is 5.92 Å². The summed E-state index contributed by atoms with van der Waals surface area (Å²) in [6.07, 6.45) is 1.43. The highest BCUT2D eigenvalue weighted by Gasteiger charge is 2.21. The summed E-state index contributed by atoms with van der Waals surface area (Å²) in [5.74, 6) is -1.01. The number of carbonyl (C=O) groups is 1. The average Bonchev–Trinajstić information content (AvgIpc) is 2.44. The third kappa shape index (κ3) is 7.82. The summed E-state index contributed by atoms with van der Waals surface area (Å²) in [5, 5.41) is 9.32. The number of carboxylic acid groups (broad SMARTS) is 1. The Morgan fingerprint density at radius 2 is 1.40 bits per heavy atom. The van der Waals surface area contributed by atoms with Crippen LogP contribution in [0.25, 0.3) is 0 Å². The van der Waals surface area contributed by atoms with E-state index < -0.39 is 5.97 Å². The van der Waals surface area contributed by atoms with E-state index in [1.165, 1.54) is 0 Å². The minimum absolute atomic E-state index is 0.0634. The Labute approximate surface area is 124 Å². The second-order valence-corrected chi connectivity index (χ2v) is 5.34. The topological polar surface area (TPSA) is 69.8 Å². The molecule has 0 aromatic rings. The lowest BCUT2D eigenvalue weighted by Crippen LogP contribution is -2.39. The van der Waals surface area contributed by atoms with Gasteiger partial charge in [-0.05, 0) is 39.0 Å². The Balaban J connectivity index is 4.23. The molecule has 0 spiro atoms. The second-order valence-electron chi connectivity index (χ2n) is 5.34. The molecule has 0 saturated heterocycles. The minimum atomic E-state index is -0.702. The van der Waals surface area contributed by atoms with Crippen molar-refractivity contribution in [1.29, 1.82) is 0 Å². The molecule has 5 heteroatoms. The van der Waals surface area contributed by atoms with Crippen molar-refractivity contribution in [1.82, 2.24) is 9.80 Å². The summed E-state index contributed by atoms with van der Waals surface area (Å²) in [6, 6.07) is 0.0634. The van der Waals surface area contributed by atoms with E-state index in [4.69, 9.17) is 5.73 Å². The van der Waals surface area contributed by atoms with E-state index in [1.54, 1.807) is 0 Å². The smallest absolute Gasteiger partial charge is 0.307 e. The lowest BCUT2D eigenvalue weighted by Gasteiger charge is -2.25. The molecule has 120 valence electrons. The predicted octanol–water partition coefficient (Wildman–Crippen LogP) is 1.48. The molecule has 20 heavy (non-hydrogen) atoms. The van der Waals surface area contributed by atoms with Crippen molar-refractivity contribution in [2.45, 2.75) is 46.6 Å². The zero-order chi connectivity index (χ0) is 15.5. The third-order valence-corrected chi connectivity index (χ3v) is 4.00. The second kappa shape index (κ2) is 11.1. The van der Waals surface area contributed by atoms with Gasteiger partial charge in [0.2, 0.25) is 0 Å². The summed E-state index contributed by atoms with van der Waals surface area (Å²) in [7, 11) is 0. The van der Waals surface area contributed by atoms with Crippen LogP contribution in [-0.2, 0) is 4.79 Å². The van der Waals surface area contributed by atoms with Crippen molar-refractivity contribution < 1.29 is 9.90 Å². The molecule has 2 atom stereocenters. The summed E-state index contributed by atoms with van der Waals surface area (Å²) in [5.41, 5.74) is 6.12. The molecule has 5 nitrogen and oxygen atoms in total. The van der Waals surface area contributed by atoms with Crippen molar-refractivity contribution in [2.75, 3.05) is 39.3 Å². The first-order chi connectivity index (χ1) is 9.48. The largest absolute Gasteiger partial charge is 0.481 e. The first kappa shape index (κ1) is 19.4. The van der Waals surface area contributed by atoms with E-state index in [2.05, 4.69) is 37.5 Å². The number of hydrogen-bond acceptors (Lipinski definition) is 4. The summed E-state index contributed by atoms with van der Waals surface area (Å²) in [4.78, 5) is 15.8. The van der Waals surface area contributed by atoms with Crippen LogP contribution < -0.4 is 5.73 Å². The van der Waals surface area contributed by atoms with Gasteiger partial charge in [-0.15, -0.1) is 0 Å². The van der Waals surface area contributed by atoms with Crippen LogP contribution in [0.1, 0.15) is 40.5 Å². The van der Waals surface area contributed by atoms with Gasteiger partial charge in [-0.1, -0.05) is 27.7 Å². The number of nitrogens with zero attached hydrogens (tertiary/aromatic N) is 2. The molecule has 0 heterocycles. The maximum absolute atomic E-state index is 11.3. The third-order valence-electron chi connectivity index (χ3n) is 4.00. The first-order valence-corrected chi connectivity index (χ1v) is 7.91. The van der Waals surface area contributed by atoms with Crippen molar-refractivity contribution >= 4 is 5.97 Å². The highest BCUT2D eigenvalue weighted by molar-refractivity contribution is 5.70. The molecule has 0 rings (SSSR count). The van der Waals surface area contributed by atoms with Crippen LogP contribution in [0.3, 0.4) is 0 Å². The van der Waals surface area contributed by atoms with E-state index in [0.717, 1.165) is 39.1 Å². The number of nitrogens with two attached hydrogens (primary N) is 1. The Bertz CT molecular complexity index is 254. The van der Waals surface area contributed by atoms with Crippen LogP contribution in [0.5, 0.6) is 0 Å². The van der Waals surface area contributed by atoms with Gasteiger partial charge in [-0.2, -0.15) is 0 Å². The maximum Gasteiger partial charge on any atom is 0.307 e. The van der Waals surface area contributed by atoms with E-state index in [1.807, 2.05) is 0 Å². The Kier molecular flexibility index (Phi) is 10.7. The molecule has 0 radical (unpaired) electrons. The lowest BCUT2D eigenvalue weighted by molar-refractivity contribution is -0.142. The zero-order valence-electron chi connectivity index (χ0n) is 13.6. The van der Waals surface area contributed by atoms with Crippen LogP contribution in [0.2, 0.25) is 0 Å². The van der Waals surface area contributed by atoms with E-state index in [-0.39, 0.29) is 12.0 Å². The van der Waals surface area contributed by atoms with E-state index in [9.17, 15) is 9.90 Å². The normalized spacial score (nSPS) is 14.8. The SMILES string of the molecule is CCN(CC)CC(N)CCC(CN(CC)CC)C(=O)O. The molecule has 0 aliphatic carbocycles. The molecule has 0 bridgehead atoms. The molecular formula is C15H33N3O2. The molecule has 0 saturated carbocycles. The van der Waals surface area contributed by atoms with Crippen molar-refractivity contribution in [3.8, 4) is 0 Å². The van der Waals surface area contributed by atoms with Crippen LogP contribution in [0.4, 0.5) is 0 Å². The standard InChI is InChI=1S/C15H33N3O2/c1-5-17(6-2)11-13(15(19)20)9-10-14(16)12-18(7-3)8-4/h13-14H,5-12,16H2,1-4H3,(H,19,20). The van der Waals surface area contributed by atoms with Crippen molar-refractivity contribution in [3.63, 3.8) is 0 Å². The summed E-state index contributed by atoms with van der Waals surface area (Å²) < 4.78 is 0. The molecular weight excluding hydrogens is 254 g/mol. The number of likely N-dealkylation sites (N-methyl/N-ethyl adjacent to an activating group) is 1. The van der Waals surface area contributed by atoms with E-state index in [0.29, 0.717) is 13.0 Å². The number of rotatable bonds is 12. The molecule has 3 N–H and O–H groups in total. The quantitative estimate of drug-likeness (QED) is 0.569. The fraction of sp³-hybridized carbons (Fsp3) is 0.933. The number of carboxylic acids is 1. The van der Waals surface area contributed by atoms with Crippen LogP contribution >= 0.6 is 0 Å². The highest BCUT2D eigenvalue weighted by Crippen LogP contribution is 2.11. The molecule has 0 aromatic heterocycles. The van der Waals surface area contributed by atoms with E-state index >= 15 is 0 Å². The maximum atomic E-state index is 11.3. The van der Waals surface area contributed by atoms with Crippen LogP contribution in [-0.4, -0.2) is 66.2 Å². The number of aliphatic carboxylic acids is 1. The van der Waals surface area contributed by atoms with Gasteiger partial charge >= 0.3 is 5.97 Å². The van der Waals surface area contributed by atoms with Gasteiger partial charge in [0.1, 0.15) is 0 Å². The fourth-order valence-corrected chi connectivity index (χ4v) is 2.41. The minimum Gasteiger partial charge on any atom is -0.481 e. The lowest BCUT2D eigenvalue weighted by atomic mass is 9.99. The van der Waals surface area contributed by atoms with Gasteiger partial charge in [0.25, 0.3) is 0 Å². The summed E-state index contributed by atoms with van der Waals surface area (Å²) >= 11 is 0. The zero-order valence-corrected chi connectivity index (χ0v) is 13.6. The van der Waals surface area contributed by atoms with Gasteiger partial charge in [-0.3, -0.25) is 4.79 Å². The van der Waals surface area contributed by atoms with Crippen LogP contribution in [0, 0.1) is 5.92 Å². The monoisotopic (exact) mass is 287 g/mol. The molecule has 0 amide bonds. The molecule has 0 aliphatic rings. The Morgan fingerprint density at radius 3 is 1.80 bits per heavy atom. The average molecular weight is 287 g/mol. The van der Waals surface area contributed by atoms with Crippen LogP contribution in [0.15, 0.2) is 0 Å². The molecule has 2 unspecified atom stereocenters. The fourth-order valence-electron chi connectivity index (χ4n) is 2.41. The van der Waals surface area contributed by atoms with Gasteiger partial charge in [-0.25, -0.2) is 0 Å². The first-order valence-electron chi connectivity index (χ1n) is 7.91. The Hall–Kier alpha value is -0.650. The molecule has 0 fully saturated rings. The summed E-state index contributed by atoms with van der Waals surface area (Å²) in [6.45, 7) is 13.6. The predicted molar refractivity (Wildman–Crippen MR) is 83.9 cm³/mol. The highest BCUT2D eigenvalue weighted by atomic mass is 16.4. The van der Waals surface area contributed by atoms with Crippen molar-refractivity contribution in [3.05, 3.63) is 0 Å². The molecule has 0 aliphatic heterocycles. The van der Waals surface area contributed by atoms with Gasteiger partial charge in [0.15, 0.2) is 0 Å².